The zero-order valence-electron chi connectivity index (χ0n) is 12.1. The van der Waals surface area contributed by atoms with E-state index in [0.29, 0.717) is 15.8 Å². The fourth-order valence-electron chi connectivity index (χ4n) is 2.19. The van der Waals surface area contributed by atoms with E-state index in [1.165, 1.54) is 24.4 Å². The number of imidazole rings is 1. The molecule has 23 heavy (non-hydrogen) atoms. The van der Waals surface area contributed by atoms with Crippen molar-refractivity contribution in [2.45, 2.75) is 29.8 Å². The number of nitrogens with one attached hydrogen (secondary N) is 1. The molecule has 0 saturated carbocycles. The van der Waals surface area contributed by atoms with Crippen LogP contribution in [0.25, 0.3) is 11.2 Å². The molecule has 0 fully saturated rings. The first-order valence-corrected chi connectivity index (χ1v) is 8.38. The summed E-state index contributed by atoms with van der Waals surface area (Å²) < 4.78 is 1.85. The van der Waals surface area contributed by atoms with Crippen LogP contribution in [0, 0.1) is 4.64 Å². The number of hydrogen-bond donors (Lipinski definition) is 6. The van der Waals surface area contributed by atoms with Gasteiger partial charge in [-0.25, -0.2) is 9.97 Å². The van der Waals surface area contributed by atoms with Gasteiger partial charge in [0.15, 0.2) is 4.64 Å². The van der Waals surface area contributed by atoms with E-state index < -0.39 is 36.4 Å². The van der Waals surface area contributed by atoms with Crippen molar-refractivity contribution < 1.29 is 25.5 Å². The molecule has 11 heteroatoms. The number of thioether (sulfide) groups is 1. The van der Waals surface area contributed by atoms with Gasteiger partial charge in [0.2, 0.25) is 0 Å². The summed E-state index contributed by atoms with van der Waals surface area (Å²) in [6.07, 6.45) is -1.82. The standard InChI is InChI=1S/C12H18N4O5S2/c1-23-12(9(21)8(20)7(19)5(18)2-17)16-4-15-6-10(16)13-3-14-11(6)22/h3-5,7-9,12,17-21H,2H2,1H3,(H,13,14,22). The van der Waals surface area contributed by atoms with E-state index in [0.717, 1.165) is 0 Å². The van der Waals surface area contributed by atoms with Crippen LogP contribution in [0.1, 0.15) is 5.37 Å². The summed E-state index contributed by atoms with van der Waals surface area (Å²) in [5, 5.41) is 47.7. The van der Waals surface area contributed by atoms with E-state index in [2.05, 4.69) is 15.0 Å². The zero-order chi connectivity index (χ0) is 17.1. The van der Waals surface area contributed by atoms with Gasteiger partial charge in [-0.3, -0.25) is 0 Å². The number of aliphatic hydroxyl groups excluding tert-OH is 5. The van der Waals surface area contributed by atoms with Gasteiger partial charge in [-0.15, -0.1) is 11.8 Å². The number of nitrogens with zero attached hydrogens (tertiary/aromatic N) is 3. The summed E-state index contributed by atoms with van der Waals surface area (Å²) in [4.78, 5) is 10.9. The Morgan fingerprint density at radius 1 is 1.22 bits per heavy atom. The topological polar surface area (TPSA) is 148 Å². The molecule has 2 aromatic rings. The molecule has 128 valence electrons. The van der Waals surface area contributed by atoms with E-state index in [9.17, 15) is 20.4 Å². The van der Waals surface area contributed by atoms with E-state index in [1.807, 2.05) is 0 Å². The monoisotopic (exact) mass is 362 g/mol. The normalized spacial score (nSPS) is 18.5. The van der Waals surface area contributed by atoms with Crippen LogP contribution in [0.2, 0.25) is 0 Å². The molecule has 0 aliphatic heterocycles. The van der Waals surface area contributed by atoms with Crippen LogP contribution in [-0.2, 0) is 0 Å². The van der Waals surface area contributed by atoms with E-state index >= 15 is 0 Å². The molecule has 6 N–H and O–H groups in total. The Bertz CT molecular complexity index is 708. The van der Waals surface area contributed by atoms with Crippen LogP contribution >= 0.6 is 24.0 Å². The molecular formula is C12H18N4O5S2. The lowest BCUT2D eigenvalue weighted by molar-refractivity contribution is -0.118. The maximum atomic E-state index is 10.4. The Morgan fingerprint density at radius 2 is 1.91 bits per heavy atom. The Morgan fingerprint density at radius 3 is 2.52 bits per heavy atom. The molecule has 0 radical (unpaired) electrons. The number of rotatable bonds is 7. The second-order valence-electron chi connectivity index (χ2n) is 4.90. The molecule has 0 saturated heterocycles. The van der Waals surface area contributed by atoms with Crippen molar-refractivity contribution in [3.63, 3.8) is 0 Å². The molecule has 2 rings (SSSR count). The SMILES string of the molecule is CSC(C(O)C(O)C(O)C(O)CO)n1cnc2c(=S)nc[nH]c21. The fourth-order valence-corrected chi connectivity index (χ4v) is 3.22. The molecule has 2 aromatic heterocycles. The molecule has 0 aliphatic carbocycles. The minimum Gasteiger partial charge on any atom is -0.394 e. The Labute approximate surface area is 140 Å². The highest BCUT2D eigenvalue weighted by molar-refractivity contribution is 7.98. The van der Waals surface area contributed by atoms with Crippen molar-refractivity contribution >= 4 is 35.1 Å². The van der Waals surface area contributed by atoms with Crippen LogP contribution in [-0.4, -0.2) is 82.3 Å². The van der Waals surface area contributed by atoms with Gasteiger partial charge in [0, 0.05) is 0 Å². The third-order valence-corrected chi connectivity index (χ3v) is 4.76. The lowest BCUT2D eigenvalue weighted by Crippen LogP contribution is -2.48. The van der Waals surface area contributed by atoms with Gasteiger partial charge in [-0.05, 0) is 6.26 Å². The van der Waals surface area contributed by atoms with Gasteiger partial charge in [0.25, 0.3) is 0 Å². The first-order valence-electron chi connectivity index (χ1n) is 6.68. The van der Waals surface area contributed by atoms with Crippen LogP contribution in [0.5, 0.6) is 0 Å². The zero-order valence-corrected chi connectivity index (χ0v) is 13.8. The summed E-state index contributed by atoms with van der Waals surface area (Å²) in [6, 6.07) is 0. The molecule has 2 heterocycles. The first kappa shape index (κ1) is 18.3. The highest BCUT2D eigenvalue weighted by atomic mass is 32.2. The lowest BCUT2D eigenvalue weighted by atomic mass is 10.0. The van der Waals surface area contributed by atoms with Crippen molar-refractivity contribution in [2.75, 3.05) is 12.9 Å². The maximum absolute atomic E-state index is 10.4. The molecule has 5 atom stereocenters. The third kappa shape index (κ3) is 3.55. The minimum absolute atomic E-state index is 0.295. The highest BCUT2D eigenvalue weighted by Gasteiger charge is 2.35. The highest BCUT2D eigenvalue weighted by Crippen LogP contribution is 2.30. The lowest BCUT2D eigenvalue weighted by Gasteiger charge is -2.30. The van der Waals surface area contributed by atoms with Gasteiger partial charge in [0.1, 0.15) is 41.0 Å². The quantitative estimate of drug-likeness (QED) is 0.334. The van der Waals surface area contributed by atoms with Crippen LogP contribution in [0.4, 0.5) is 0 Å². The Kier molecular flexibility index (Phi) is 6.08. The van der Waals surface area contributed by atoms with Crippen molar-refractivity contribution in [2.24, 2.45) is 0 Å². The molecule has 0 aromatic carbocycles. The van der Waals surface area contributed by atoms with E-state index in [1.54, 1.807) is 10.8 Å². The minimum atomic E-state index is -1.69. The molecule has 0 spiro atoms. The fraction of sp³-hybridized carbons (Fsp3) is 0.583. The van der Waals surface area contributed by atoms with Crippen molar-refractivity contribution in [3.8, 4) is 0 Å². The average Bonchev–Trinajstić information content (AvgIpc) is 2.98. The smallest absolute Gasteiger partial charge is 0.157 e. The second-order valence-corrected chi connectivity index (χ2v) is 6.25. The molecule has 0 aliphatic rings. The van der Waals surface area contributed by atoms with Crippen molar-refractivity contribution in [1.82, 2.24) is 19.5 Å². The van der Waals surface area contributed by atoms with Crippen molar-refractivity contribution in [3.05, 3.63) is 17.3 Å². The van der Waals surface area contributed by atoms with Gasteiger partial charge in [-0.1, -0.05) is 12.2 Å². The first-order chi connectivity index (χ1) is 10.9. The molecule has 9 nitrogen and oxygen atoms in total. The van der Waals surface area contributed by atoms with E-state index in [-0.39, 0.29) is 0 Å². The summed E-state index contributed by atoms with van der Waals surface area (Å²) in [5.74, 6) is 0. The maximum Gasteiger partial charge on any atom is 0.157 e. The predicted molar refractivity (Wildman–Crippen MR) is 86.4 cm³/mol. The van der Waals surface area contributed by atoms with Gasteiger partial charge >= 0.3 is 0 Å². The third-order valence-electron chi connectivity index (χ3n) is 3.47. The number of H-pyrrole nitrogens is 1. The second kappa shape index (κ2) is 7.66. The summed E-state index contributed by atoms with van der Waals surface area (Å²) in [5.41, 5.74) is 0.951. The Balaban J connectivity index is 2.34. The average molecular weight is 362 g/mol. The van der Waals surface area contributed by atoms with Crippen molar-refractivity contribution in [1.29, 1.82) is 0 Å². The molecule has 0 amide bonds. The van der Waals surface area contributed by atoms with Gasteiger partial charge in [0.05, 0.1) is 19.3 Å². The summed E-state index contributed by atoms with van der Waals surface area (Å²) >= 11 is 6.28. The van der Waals surface area contributed by atoms with Gasteiger partial charge < -0.3 is 35.1 Å². The van der Waals surface area contributed by atoms with Crippen LogP contribution in [0.15, 0.2) is 12.7 Å². The number of aromatic nitrogens is 4. The molecular weight excluding hydrogens is 344 g/mol. The molecule has 5 unspecified atom stereocenters. The number of fused-ring (bicyclic) bond motifs is 1. The summed E-state index contributed by atoms with van der Waals surface area (Å²) in [6.45, 7) is -0.734. The number of hydrogen-bond acceptors (Lipinski definition) is 9. The van der Waals surface area contributed by atoms with Crippen LogP contribution < -0.4 is 0 Å². The van der Waals surface area contributed by atoms with Crippen LogP contribution in [0.3, 0.4) is 0 Å². The Hall–Kier alpha value is -1.08. The molecule has 0 bridgehead atoms. The number of aliphatic hydroxyl groups is 5. The van der Waals surface area contributed by atoms with Gasteiger partial charge in [-0.2, -0.15) is 0 Å². The predicted octanol–water partition coefficient (Wildman–Crippen LogP) is -1.21. The van der Waals surface area contributed by atoms with E-state index in [4.69, 9.17) is 17.3 Å². The largest absolute Gasteiger partial charge is 0.394 e. The summed E-state index contributed by atoms with van der Waals surface area (Å²) in [7, 11) is 0. The number of aromatic amines is 1.